The predicted molar refractivity (Wildman–Crippen MR) is 66.2 cm³/mol. The summed E-state index contributed by atoms with van der Waals surface area (Å²) >= 11 is 0. The Morgan fingerprint density at radius 3 is 2.44 bits per heavy atom. The molecule has 0 amide bonds. The van der Waals surface area contributed by atoms with Crippen LogP contribution in [0.5, 0.6) is 0 Å². The van der Waals surface area contributed by atoms with E-state index in [0.717, 1.165) is 12.2 Å². The maximum Gasteiger partial charge on any atom is 0.230 e. The first-order valence-corrected chi connectivity index (χ1v) is 5.52. The number of nitrogens with zero attached hydrogens (tertiary/aromatic N) is 2. The van der Waals surface area contributed by atoms with Crippen molar-refractivity contribution in [1.82, 2.24) is 0 Å². The van der Waals surface area contributed by atoms with Crippen molar-refractivity contribution in [3.05, 3.63) is 66.0 Å². The fourth-order valence-corrected chi connectivity index (χ4v) is 1.77. The molecule has 0 atom stereocenters. The van der Waals surface area contributed by atoms with E-state index in [-0.39, 0.29) is 17.0 Å². The van der Waals surface area contributed by atoms with Crippen LogP contribution in [-0.4, -0.2) is 10.9 Å². The van der Waals surface area contributed by atoms with Gasteiger partial charge in [0.05, 0.1) is 0 Å². The van der Waals surface area contributed by atoms with Crippen molar-refractivity contribution < 1.29 is 26.8 Å². The van der Waals surface area contributed by atoms with E-state index in [1.165, 1.54) is 5.56 Å². The molecule has 4 heteroatoms. The molecule has 0 aliphatic carbocycles. The minimum absolute atomic E-state index is 0. The van der Waals surface area contributed by atoms with E-state index in [0.29, 0.717) is 5.71 Å². The van der Waals surface area contributed by atoms with Crippen molar-refractivity contribution in [1.29, 1.82) is 0 Å². The molecule has 1 N–H and O–H groups in total. The van der Waals surface area contributed by atoms with Gasteiger partial charge in [0.25, 0.3) is 0 Å². The molecule has 1 aromatic carbocycles. The second kappa shape index (κ2) is 6.91. The van der Waals surface area contributed by atoms with Gasteiger partial charge in [-0.05, 0) is 13.0 Å². The van der Waals surface area contributed by atoms with E-state index in [9.17, 15) is 0 Å². The molecule has 1 aromatic heterocycles. The Bertz CT molecular complexity index is 526. The standard InChI is InChI=1S/C14H14N2O.BrH/c1-12(15-17)14-9-5-6-10-16(14)11-13-7-3-2-4-8-13;/h2-10H,11H2,1H3;1H. The van der Waals surface area contributed by atoms with Gasteiger partial charge in [-0.3, -0.25) is 0 Å². The summed E-state index contributed by atoms with van der Waals surface area (Å²) in [5.41, 5.74) is 2.75. The summed E-state index contributed by atoms with van der Waals surface area (Å²) in [6.45, 7) is 2.56. The topological polar surface area (TPSA) is 36.5 Å². The van der Waals surface area contributed by atoms with Crippen LogP contribution < -0.4 is 21.5 Å². The Morgan fingerprint density at radius 1 is 1.11 bits per heavy atom. The highest BCUT2D eigenvalue weighted by Crippen LogP contribution is 2.00. The van der Waals surface area contributed by atoms with Gasteiger partial charge < -0.3 is 22.2 Å². The van der Waals surface area contributed by atoms with Gasteiger partial charge in [0.2, 0.25) is 5.69 Å². The number of benzene rings is 1. The first-order chi connectivity index (χ1) is 8.31. The third-order valence-electron chi connectivity index (χ3n) is 2.66. The molecule has 0 aliphatic heterocycles. The monoisotopic (exact) mass is 306 g/mol. The van der Waals surface area contributed by atoms with Crippen LogP contribution in [0.25, 0.3) is 0 Å². The lowest BCUT2D eigenvalue weighted by molar-refractivity contribution is -0.689. The first kappa shape index (κ1) is 14.4. The number of oxime groups is 1. The fraction of sp³-hybridized carbons (Fsp3) is 0.143. The van der Waals surface area contributed by atoms with Crippen molar-refractivity contribution in [3.8, 4) is 0 Å². The van der Waals surface area contributed by atoms with Gasteiger partial charge >= 0.3 is 0 Å². The Morgan fingerprint density at radius 2 is 1.78 bits per heavy atom. The molecule has 0 aliphatic rings. The third kappa shape index (κ3) is 3.40. The molecule has 0 saturated carbocycles. The summed E-state index contributed by atoms with van der Waals surface area (Å²) in [6, 6.07) is 16.0. The van der Waals surface area contributed by atoms with Crippen LogP contribution >= 0.6 is 0 Å². The molecular weight excluding hydrogens is 292 g/mol. The third-order valence-corrected chi connectivity index (χ3v) is 2.66. The molecule has 3 nitrogen and oxygen atoms in total. The van der Waals surface area contributed by atoms with Crippen molar-refractivity contribution in [2.45, 2.75) is 13.5 Å². The molecule has 0 fully saturated rings. The lowest BCUT2D eigenvalue weighted by atomic mass is 10.2. The molecule has 2 aromatic rings. The predicted octanol–water partition coefficient (Wildman–Crippen LogP) is -0.775. The van der Waals surface area contributed by atoms with E-state index in [4.69, 9.17) is 5.21 Å². The second-order valence-corrected chi connectivity index (χ2v) is 3.88. The number of halogens is 1. The Hall–Kier alpha value is -1.68. The summed E-state index contributed by atoms with van der Waals surface area (Å²) in [5, 5.41) is 12.1. The second-order valence-electron chi connectivity index (χ2n) is 3.88. The van der Waals surface area contributed by atoms with Gasteiger partial charge in [-0.15, -0.1) is 0 Å². The highest BCUT2D eigenvalue weighted by Gasteiger charge is 2.13. The zero-order chi connectivity index (χ0) is 12.1. The SMILES string of the molecule is C/C(=N/O)c1cccc[n+]1Cc1ccccc1.[Br-]. The highest BCUT2D eigenvalue weighted by atomic mass is 79.9. The summed E-state index contributed by atoms with van der Waals surface area (Å²) in [6.07, 6.45) is 1.98. The lowest BCUT2D eigenvalue weighted by Crippen LogP contribution is -3.00. The maximum atomic E-state index is 8.85. The van der Waals surface area contributed by atoms with E-state index >= 15 is 0 Å². The molecule has 0 radical (unpaired) electrons. The molecule has 0 unspecified atom stereocenters. The van der Waals surface area contributed by atoms with Crippen LogP contribution in [0.15, 0.2) is 59.9 Å². The quantitative estimate of drug-likeness (QED) is 0.344. The van der Waals surface area contributed by atoms with E-state index < -0.39 is 0 Å². The Kier molecular flexibility index (Phi) is 5.52. The fourth-order valence-electron chi connectivity index (χ4n) is 1.77. The summed E-state index contributed by atoms with van der Waals surface area (Å²) in [4.78, 5) is 0. The molecular formula is C14H15BrN2O. The van der Waals surface area contributed by atoms with E-state index in [1.54, 1.807) is 6.92 Å². The van der Waals surface area contributed by atoms with Gasteiger partial charge in [0.15, 0.2) is 12.7 Å². The number of rotatable bonds is 3. The molecule has 0 saturated heterocycles. The van der Waals surface area contributed by atoms with E-state index in [1.807, 2.05) is 42.6 Å². The average Bonchev–Trinajstić information content (AvgIpc) is 2.40. The highest BCUT2D eigenvalue weighted by molar-refractivity contribution is 5.95. The zero-order valence-electron chi connectivity index (χ0n) is 10.1. The van der Waals surface area contributed by atoms with Crippen LogP contribution in [0, 0.1) is 0 Å². The van der Waals surface area contributed by atoms with Crippen LogP contribution in [0.3, 0.4) is 0 Å². The van der Waals surface area contributed by atoms with Gasteiger partial charge in [0.1, 0.15) is 5.71 Å². The van der Waals surface area contributed by atoms with Crippen LogP contribution in [-0.2, 0) is 6.54 Å². The lowest BCUT2D eigenvalue weighted by Gasteiger charge is -2.02. The zero-order valence-corrected chi connectivity index (χ0v) is 11.7. The van der Waals surface area contributed by atoms with Crippen molar-refractivity contribution >= 4 is 5.71 Å². The molecule has 0 spiro atoms. The smallest absolute Gasteiger partial charge is 0.230 e. The molecule has 18 heavy (non-hydrogen) atoms. The van der Waals surface area contributed by atoms with Crippen molar-refractivity contribution in [2.24, 2.45) is 5.16 Å². The Balaban J connectivity index is 0.00000162. The average molecular weight is 307 g/mol. The number of pyridine rings is 1. The van der Waals surface area contributed by atoms with Crippen LogP contribution in [0.4, 0.5) is 0 Å². The van der Waals surface area contributed by atoms with Crippen LogP contribution in [0.2, 0.25) is 0 Å². The normalized spacial score (nSPS) is 10.8. The van der Waals surface area contributed by atoms with E-state index in [2.05, 4.69) is 21.9 Å². The van der Waals surface area contributed by atoms with Crippen molar-refractivity contribution in [3.63, 3.8) is 0 Å². The molecule has 0 bridgehead atoms. The van der Waals surface area contributed by atoms with Gasteiger partial charge in [-0.25, -0.2) is 0 Å². The first-order valence-electron chi connectivity index (χ1n) is 5.52. The largest absolute Gasteiger partial charge is 1.00 e. The molecule has 94 valence electrons. The minimum atomic E-state index is 0. The number of hydrogen-bond donors (Lipinski definition) is 1. The van der Waals surface area contributed by atoms with Crippen molar-refractivity contribution in [2.75, 3.05) is 0 Å². The summed E-state index contributed by atoms with van der Waals surface area (Å²) in [7, 11) is 0. The molecule has 2 rings (SSSR count). The molecule has 1 heterocycles. The summed E-state index contributed by atoms with van der Waals surface area (Å²) < 4.78 is 2.06. The summed E-state index contributed by atoms with van der Waals surface area (Å²) in [5.74, 6) is 0. The van der Waals surface area contributed by atoms with Gasteiger partial charge in [0, 0.05) is 17.7 Å². The Labute approximate surface area is 117 Å². The van der Waals surface area contributed by atoms with Gasteiger partial charge in [-0.1, -0.05) is 35.5 Å². The minimum Gasteiger partial charge on any atom is -1.00 e. The van der Waals surface area contributed by atoms with Crippen LogP contribution in [0.1, 0.15) is 18.2 Å². The number of hydrogen-bond acceptors (Lipinski definition) is 2. The maximum absolute atomic E-state index is 8.85. The van der Waals surface area contributed by atoms with Gasteiger partial charge in [-0.2, -0.15) is 4.57 Å². The number of aromatic nitrogens is 1.